The fourth-order valence-electron chi connectivity index (χ4n) is 3.51. The van der Waals surface area contributed by atoms with Crippen LogP contribution in [0.25, 0.3) is 16.6 Å². The molecular formula is C23H21N3O4. The quantitative estimate of drug-likeness (QED) is 0.536. The summed E-state index contributed by atoms with van der Waals surface area (Å²) in [5.41, 5.74) is 0.883. The van der Waals surface area contributed by atoms with Crippen LogP contribution >= 0.6 is 0 Å². The van der Waals surface area contributed by atoms with Gasteiger partial charge in [0.15, 0.2) is 0 Å². The Morgan fingerprint density at radius 3 is 2.53 bits per heavy atom. The summed E-state index contributed by atoms with van der Waals surface area (Å²) < 4.78 is 7.71. The Morgan fingerprint density at radius 1 is 1.00 bits per heavy atom. The SMILES string of the molecule is CCc1ccccc1-n1c(=O)c2ccccc2n(CC(=O)NCc2ccco2)c1=O. The molecule has 30 heavy (non-hydrogen) atoms. The van der Waals surface area contributed by atoms with Crippen LogP contribution in [0.5, 0.6) is 0 Å². The molecule has 4 rings (SSSR count). The van der Waals surface area contributed by atoms with Crippen molar-refractivity contribution < 1.29 is 9.21 Å². The van der Waals surface area contributed by atoms with E-state index in [-0.39, 0.29) is 19.0 Å². The lowest BCUT2D eigenvalue weighted by molar-refractivity contribution is -0.121. The van der Waals surface area contributed by atoms with Gasteiger partial charge in [0.25, 0.3) is 5.56 Å². The van der Waals surface area contributed by atoms with Crippen molar-refractivity contribution in [2.24, 2.45) is 0 Å². The van der Waals surface area contributed by atoms with E-state index in [1.54, 1.807) is 48.5 Å². The molecule has 152 valence electrons. The highest BCUT2D eigenvalue weighted by atomic mass is 16.3. The summed E-state index contributed by atoms with van der Waals surface area (Å²) in [6.07, 6.45) is 2.19. The number of hydrogen-bond acceptors (Lipinski definition) is 4. The van der Waals surface area contributed by atoms with Crippen LogP contribution in [-0.4, -0.2) is 15.0 Å². The van der Waals surface area contributed by atoms with E-state index < -0.39 is 11.2 Å². The largest absolute Gasteiger partial charge is 0.467 e. The second-order valence-corrected chi connectivity index (χ2v) is 6.86. The zero-order chi connectivity index (χ0) is 21.1. The molecule has 2 aromatic heterocycles. The maximum atomic E-state index is 13.4. The van der Waals surface area contributed by atoms with Crippen molar-refractivity contribution >= 4 is 16.8 Å². The molecule has 0 aliphatic heterocycles. The zero-order valence-corrected chi connectivity index (χ0v) is 16.5. The maximum absolute atomic E-state index is 13.4. The van der Waals surface area contributed by atoms with Gasteiger partial charge in [-0.15, -0.1) is 0 Å². The summed E-state index contributed by atoms with van der Waals surface area (Å²) in [5, 5.41) is 3.12. The minimum atomic E-state index is -0.548. The zero-order valence-electron chi connectivity index (χ0n) is 16.5. The van der Waals surface area contributed by atoms with Crippen molar-refractivity contribution in [3.8, 4) is 5.69 Å². The second kappa shape index (κ2) is 8.24. The van der Waals surface area contributed by atoms with Gasteiger partial charge in [0.1, 0.15) is 12.3 Å². The summed E-state index contributed by atoms with van der Waals surface area (Å²) in [6, 6.07) is 17.6. The Hall–Kier alpha value is -3.87. The van der Waals surface area contributed by atoms with Gasteiger partial charge in [-0.1, -0.05) is 37.3 Å². The summed E-state index contributed by atoms with van der Waals surface area (Å²) in [7, 11) is 0. The number of carbonyl (C=O) groups is 1. The van der Waals surface area contributed by atoms with Crippen molar-refractivity contribution in [2.45, 2.75) is 26.4 Å². The summed E-state index contributed by atoms with van der Waals surface area (Å²) in [5.74, 6) is 0.259. The fraction of sp³-hybridized carbons (Fsp3) is 0.174. The third-order valence-electron chi connectivity index (χ3n) is 5.01. The number of rotatable bonds is 6. The van der Waals surface area contributed by atoms with Gasteiger partial charge in [0.05, 0.1) is 29.4 Å². The Morgan fingerprint density at radius 2 is 1.77 bits per heavy atom. The first-order valence-corrected chi connectivity index (χ1v) is 9.72. The number of furan rings is 1. The van der Waals surface area contributed by atoms with E-state index in [4.69, 9.17) is 4.42 Å². The van der Waals surface area contributed by atoms with Gasteiger partial charge in [-0.05, 0) is 42.3 Å². The molecule has 0 spiro atoms. The van der Waals surface area contributed by atoms with E-state index in [0.29, 0.717) is 28.8 Å². The summed E-state index contributed by atoms with van der Waals surface area (Å²) >= 11 is 0. The third kappa shape index (κ3) is 3.57. The molecule has 2 heterocycles. The van der Waals surface area contributed by atoms with Crippen molar-refractivity contribution in [2.75, 3.05) is 0 Å². The Balaban J connectivity index is 1.82. The number of aromatic nitrogens is 2. The van der Waals surface area contributed by atoms with Crippen LogP contribution in [0.3, 0.4) is 0 Å². The number of benzene rings is 2. The van der Waals surface area contributed by atoms with Gasteiger partial charge in [0, 0.05) is 0 Å². The lowest BCUT2D eigenvalue weighted by atomic mass is 10.1. The first kappa shape index (κ1) is 19.4. The second-order valence-electron chi connectivity index (χ2n) is 6.86. The molecule has 7 nitrogen and oxygen atoms in total. The van der Waals surface area contributed by atoms with Crippen molar-refractivity contribution in [3.63, 3.8) is 0 Å². The highest BCUT2D eigenvalue weighted by Crippen LogP contribution is 2.14. The number of hydrogen-bond donors (Lipinski definition) is 1. The molecule has 0 saturated heterocycles. The first-order valence-electron chi connectivity index (χ1n) is 9.72. The van der Waals surface area contributed by atoms with Gasteiger partial charge in [0.2, 0.25) is 5.91 Å². The summed E-state index contributed by atoms with van der Waals surface area (Å²) in [4.78, 5) is 39.1. The number of carbonyl (C=O) groups excluding carboxylic acids is 1. The third-order valence-corrected chi connectivity index (χ3v) is 5.01. The molecule has 0 radical (unpaired) electrons. The smallest absolute Gasteiger partial charge is 0.336 e. The Bertz CT molecular complexity index is 1320. The monoisotopic (exact) mass is 403 g/mol. The number of aryl methyl sites for hydroxylation is 1. The number of amides is 1. The van der Waals surface area contributed by atoms with E-state index in [9.17, 15) is 14.4 Å². The van der Waals surface area contributed by atoms with E-state index in [2.05, 4.69) is 5.32 Å². The average Bonchev–Trinajstić information content (AvgIpc) is 3.29. The normalized spacial score (nSPS) is 11.0. The predicted octanol–water partition coefficient (Wildman–Crippen LogP) is 2.62. The number of para-hydroxylation sites is 2. The maximum Gasteiger partial charge on any atom is 0.336 e. The van der Waals surface area contributed by atoms with Crippen LogP contribution in [0.1, 0.15) is 18.2 Å². The van der Waals surface area contributed by atoms with Gasteiger partial charge in [-0.2, -0.15) is 0 Å². The molecule has 7 heteroatoms. The first-order chi connectivity index (χ1) is 14.6. The molecule has 0 aliphatic rings. The van der Waals surface area contributed by atoms with Gasteiger partial charge in [-0.25, -0.2) is 9.36 Å². The predicted molar refractivity (Wildman–Crippen MR) is 114 cm³/mol. The van der Waals surface area contributed by atoms with Gasteiger partial charge < -0.3 is 9.73 Å². The van der Waals surface area contributed by atoms with Crippen LogP contribution < -0.4 is 16.6 Å². The lowest BCUT2D eigenvalue weighted by Crippen LogP contribution is -2.42. The molecule has 0 bridgehead atoms. The standard InChI is InChI=1S/C23H21N3O4/c1-2-16-8-3-5-11-19(16)26-22(28)18-10-4-6-12-20(18)25(23(26)29)15-21(27)24-14-17-9-7-13-30-17/h3-13H,2,14-15H2,1H3,(H,24,27). The van der Waals surface area contributed by atoms with Gasteiger partial charge >= 0.3 is 5.69 Å². The summed E-state index contributed by atoms with van der Waals surface area (Å²) in [6.45, 7) is 1.97. The van der Waals surface area contributed by atoms with Crippen molar-refractivity contribution in [3.05, 3.63) is 99.1 Å². The number of nitrogens with zero attached hydrogens (tertiary/aromatic N) is 2. The topological polar surface area (TPSA) is 86.2 Å². The molecule has 1 amide bonds. The minimum absolute atomic E-state index is 0.214. The van der Waals surface area contributed by atoms with E-state index in [1.807, 2.05) is 19.1 Å². The van der Waals surface area contributed by atoms with Crippen LogP contribution in [-0.2, 0) is 24.3 Å². The van der Waals surface area contributed by atoms with E-state index in [1.165, 1.54) is 10.8 Å². The Labute approximate surface area is 172 Å². The highest BCUT2D eigenvalue weighted by Gasteiger charge is 2.17. The molecule has 2 aromatic carbocycles. The number of nitrogens with one attached hydrogen (secondary N) is 1. The average molecular weight is 403 g/mol. The van der Waals surface area contributed by atoms with Crippen LogP contribution in [0.15, 0.2) is 80.9 Å². The van der Waals surface area contributed by atoms with Gasteiger partial charge in [-0.3, -0.25) is 14.2 Å². The molecule has 1 N–H and O–H groups in total. The van der Waals surface area contributed by atoms with Crippen molar-refractivity contribution in [1.29, 1.82) is 0 Å². The molecule has 0 aliphatic carbocycles. The van der Waals surface area contributed by atoms with Crippen LogP contribution in [0.2, 0.25) is 0 Å². The molecule has 0 unspecified atom stereocenters. The Kier molecular flexibility index (Phi) is 5.34. The van der Waals surface area contributed by atoms with Crippen LogP contribution in [0, 0.1) is 0 Å². The fourth-order valence-corrected chi connectivity index (χ4v) is 3.51. The molecule has 0 saturated carbocycles. The van der Waals surface area contributed by atoms with E-state index >= 15 is 0 Å². The molecule has 4 aromatic rings. The van der Waals surface area contributed by atoms with Crippen molar-refractivity contribution in [1.82, 2.24) is 14.5 Å². The number of fused-ring (bicyclic) bond motifs is 1. The molecule has 0 fully saturated rings. The lowest BCUT2D eigenvalue weighted by Gasteiger charge is -2.15. The molecule has 0 atom stereocenters. The molecular weight excluding hydrogens is 382 g/mol. The van der Waals surface area contributed by atoms with Crippen LogP contribution in [0.4, 0.5) is 0 Å². The minimum Gasteiger partial charge on any atom is -0.467 e. The van der Waals surface area contributed by atoms with E-state index in [0.717, 1.165) is 10.1 Å². The highest BCUT2D eigenvalue weighted by molar-refractivity contribution is 5.82.